The van der Waals surface area contributed by atoms with E-state index in [1.54, 1.807) is 0 Å². The summed E-state index contributed by atoms with van der Waals surface area (Å²) in [6.45, 7) is 4.28. The molecule has 0 heterocycles. The summed E-state index contributed by atoms with van der Waals surface area (Å²) in [4.78, 5) is 0. The lowest BCUT2D eigenvalue weighted by Crippen LogP contribution is -1.84. The fraction of sp³-hybridized carbons (Fsp3) is 0.143. The zero-order valence-corrected chi connectivity index (χ0v) is 12.6. The van der Waals surface area contributed by atoms with E-state index in [9.17, 15) is 0 Å². The van der Waals surface area contributed by atoms with Gasteiger partial charge in [0.2, 0.25) is 0 Å². The van der Waals surface area contributed by atoms with Crippen molar-refractivity contribution in [3.8, 4) is 11.1 Å². The van der Waals surface area contributed by atoms with Gasteiger partial charge in [0.05, 0.1) is 0 Å². The van der Waals surface area contributed by atoms with E-state index >= 15 is 0 Å². The van der Waals surface area contributed by atoms with Crippen LogP contribution in [0.25, 0.3) is 11.1 Å². The molecule has 0 aromatic heterocycles. The van der Waals surface area contributed by atoms with E-state index in [2.05, 4.69) is 68.4 Å². The third kappa shape index (κ3) is 2.90. The standard InChI is InChI=1S/C14H12.C7H8/c1-10-5-4-8-13-12-7-3-2-6-11(12)9-14(10)13;1-7-5-3-2-4-6-7/h2-8H,9H2,1H3;2-6H,1H3. The fourth-order valence-corrected chi connectivity index (χ4v) is 2.85. The summed E-state index contributed by atoms with van der Waals surface area (Å²) < 4.78 is 0. The molecule has 0 fully saturated rings. The predicted molar refractivity (Wildman–Crippen MR) is 90.6 cm³/mol. The Hall–Kier alpha value is -2.34. The van der Waals surface area contributed by atoms with Gasteiger partial charge in [0.25, 0.3) is 0 Å². The molecule has 0 heteroatoms. The van der Waals surface area contributed by atoms with Gasteiger partial charge in [-0.15, -0.1) is 0 Å². The van der Waals surface area contributed by atoms with Gasteiger partial charge in [0.1, 0.15) is 0 Å². The van der Waals surface area contributed by atoms with Crippen molar-refractivity contribution in [3.63, 3.8) is 0 Å². The molecule has 4 rings (SSSR count). The molecule has 0 nitrogen and oxygen atoms in total. The minimum atomic E-state index is 1.11. The van der Waals surface area contributed by atoms with Crippen molar-refractivity contribution >= 4 is 0 Å². The predicted octanol–water partition coefficient (Wildman–Crippen LogP) is 5.56. The second kappa shape index (κ2) is 5.97. The van der Waals surface area contributed by atoms with E-state index in [1.807, 2.05) is 18.2 Å². The number of hydrogen-bond acceptors (Lipinski definition) is 0. The van der Waals surface area contributed by atoms with Crippen LogP contribution in [-0.4, -0.2) is 0 Å². The highest BCUT2D eigenvalue weighted by atomic mass is 14.2. The second-order valence-corrected chi connectivity index (χ2v) is 5.59. The Morgan fingerprint density at radius 3 is 2.00 bits per heavy atom. The molecular formula is C21H20. The molecule has 0 N–H and O–H groups in total. The third-order valence-electron chi connectivity index (χ3n) is 4.03. The molecule has 0 unspecified atom stereocenters. The van der Waals surface area contributed by atoms with Gasteiger partial charge >= 0.3 is 0 Å². The highest BCUT2D eigenvalue weighted by molar-refractivity contribution is 5.77. The van der Waals surface area contributed by atoms with Crippen LogP contribution in [0.3, 0.4) is 0 Å². The largest absolute Gasteiger partial charge is 0.0622 e. The zero-order chi connectivity index (χ0) is 14.7. The average molecular weight is 272 g/mol. The van der Waals surface area contributed by atoms with Crippen molar-refractivity contribution in [1.29, 1.82) is 0 Å². The topological polar surface area (TPSA) is 0 Å². The molecule has 1 aliphatic carbocycles. The molecule has 0 saturated carbocycles. The van der Waals surface area contributed by atoms with Crippen LogP contribution in [0.5, 0.6) is 0 Å². The maximum Gasteiger partial charge on any atom is -0.00108 e. The Labute approximate surface area is 127 Å². The molecular weight excluding hydrogens is 252 g/mol. The SMILES string of the molecule is Cc1cccc2c1Cc1ccccc1-2.Cc1ccccc1. The Morgan fingerprint density at radius 1 is 0.619 bits per heavy atom. The van der Waals surface area contributed by atoms with Gasteiger partial charge in [-0.3, -0.25) is 0 Å². The van der Waals surface area contributed by atoms with E-state index in [1.165, 1.54) is 33.4 Å². The van der Waals surface area contributed by atoms with Crippen LogP contribution in [0.4, 0.5) is 0 Å². The molecule has 0 atom stereocenters. The zero-order valence-electron chi connectivity index (χ0n) is 12.6. The van der Waals surface area contributed by atoms with Gasteiger partial charge in [-0.25, -0.2) is 0 Å². The number of rotatable bonds is 0. The summed E-state index contributed by atoms with van der Waals surface area (Å²) in [7, 11) is 0. The van der Waals surface area contributed by atoms with E-state index in [-0.39, 0.29) is 0 Å². The first kappa shape index (κ1) is 13.6. The number of fused-ring (bicyclic) bond motifs is 3. The van der Waals surface area contributed by atoms with Gasteiger partial charge in [0.15, 0.2) is 0 Å². The Bertz CT molecular complexity index is 739. The molecule has 0 radical (unpaired) electrons. The molecule has 3 aromatic rings. The van der Waals surface area contributed by atoms with Crippen molar-refractivity contribution in [2.24, 2.45) is 0 Å². The van der Waals surface area contributed by atoms with Crippen molar-refractivity contribution in [3.05, 3.63) is 95.1 Å². The van der Waals surface area contributed by atoms with Gasteiger partial charge < -0.3 is 0 Å². The van der Waals surface area contributed by atoms with Gasteiger partial charge in [-0.05, 0) is 48.1 Å². The minimum Gasteiger partial charge on any atom is -0.0622 e. The van der Waals surface area contributed by atoms with Crippen LogP contribution < -0.4 is 0 Å². The van der Waals surface area contributed by atoms with Crippen LogP contribution in [0.1, 0.15) is 22.3 Å². The average Bonchev–Trinajstić information content (AvgIpc) is 2.89. The Morgan fingerprint density at radius 2 is 1.29 bits per heavy atom. The first-order valence-corrected chi connectivity index (χ1v) is 7.44. The van der Waals surface area contributed by atoms with Crippen molar-refractivity contribution in [2.45, 2.75) is 20.3 Å². The molecule has 0 amide bonds. The monoisotopic (exact) mass is 272 g/mol. The first-order valence-electron chi connectivity index (χ1n) is 7.44. The lowest BCUT2D eigenvalue weighted by molar-refractivity contribution is 1.22. The summed E-state index contributed by atoms with van der Waals surface area (Å²) in [6.07, 6.45) is 1.11. The van der Waals surface area contributed by atoms with Crippen molar-refractivity contribution in [1.82, 2.24) is 0 Å². The lowest BCUT2D eigenvalue weighted by Gasteiger charge is -2.02. The van der Waals surface area contributed by atoms with Gasteiger partial charge in [-0.1, -0.05) is 78.4 Å². The Balaban J connectivity index is 0.000000160. The van der Waals surface area contributed by atoms with Gasteiger partial charge in [-0.2, -0.15) is 0 Å². The summed E-state index contributed by atoms with van der Waals surface area (Å²) in [5.74, 6) is 0. The number of benzene rings is 3. The minimum absolute atomic E-state index is 1.11. The van der Waals surface area contributed by atoms with Crippen LogP contribution in [0.15, 0.2) is 72.8 Å². The van der Waals surface area contributed by atoms with Crippen LogP contribution in [0, 0.1) is 13.8 Å². The summed E-state index contributed by atoms with van der Waals surface area (Å²) in [5.41, 5.74) is 8.57. The van der Waals surface area contributed by atoms with Crippen LogP contribution >= 0.6 is 0 Å². The normalized spacial score (nSPS) is 11.1. The smallest absolute Gasteiger partial charge is 0.00108 e. The first-order chi connectivity index (χ1) is 10.3. The van der Waals surface area contributed by atoms with Crippen molar-refractivity contribution in [2.75, 3.05) is 0 Å². The molecule has 3 aromatic carbocycles. The summed E-state index contributed by atoms with van der Waals surface area (Å²) in [5, 5.41) is 0. The maximum absolute atomic E-state index is 2.23. The summed E-state index contributed by atoms with van der Waals surface area (Å²) in [6, 6.07) is 25.5. The highest BCUT2D eigenvalue weighted by Gasteiger charge is 2.18. The highest BCUT2D eigenvalue weighted by Crippen LogP contribution is 2.37. The van der Waals surface area contributed by atoms with Crippen LogP contribution in [-0.2, 0) is 6.42 Å². The van der Waals surface area contributed by atoms with Crippen LogP contribution in [0.2, 0.25) is 0 Å². The van der Waals surface area contributed by atoms with E-state index in [0.717, 1.165) is 6.42 Å². The maximum atomic E-state index is 2.23. The molecule has 104 valence electrons. The molecule has 1 aliphatic rings. The Kier molecular flexibility index (Phi) is 3.87. The summed E-state index contributed by atoms with van der Waals surface area (Å²) >= 11 is 0. The van der Waals surface area contributed by atoms with Crippen molar-refractivity contribution < 1.29 is 0 Å². The molecule has 0 spiro atoms. The number of aryl methyl sites for hydroxylation is 2. The molecule has 0 bridgehead atoms. The second-order valence-electron chi connectivity index (χ2n) is 5.59. The van der Waals surface area contributed by atoms with E-state index in [4.69, 9.17) is 0 Å². The number of hydrogen-bond donors (Lipinski definition) is 0. The quantitative estimate of drug-likeness (QED) is 0.393. The fourth-order valence-electron chi connectivity index (χ4n) is 2.85. The lowest BCUT2D eigenvalue weighted by atomic mass is 10.0. The van der Waals surface area contributed by atoms with Gasteiger partial charge in [0, 0.05) is 0 Å². The molecule has 0 saturated heterocycles. The molecule has 0 aliphatic heterocycles. The van der Waals surface area contributed by atoms with E-state index in [0.29, 0.717) is 0 Å². The third-order valence-corrected chi connectivity index (χ3v) is 4.03. The van der Waals surface area contributed by atoms with E-state index < -0.39 is 0 Å². The molecule has 21 heavy (non-hydrogen) atoms.